The van der Waals surface area contributed by atoms with E-state index in [-0.39, 0.29) is 0 Å². The molecule has 0 aromatic carbocycles. The van der Waals surface area contributed by atoms with Crippen molar-refractivity contribution in [2.45, 2.75) is 32.6 Å². The Hall–Kier alpha value is -0.700. The summed E-state index contributed by atoms with van der Waals surface area (Å²) in [5.41, 5.74) is 2.59. The molecule has 13 heavy (non-hydrogen) atoms. The molecule has 1 saturated heterocycles. The summed E-state index contributed by atoms with van der Waals surface area (Å²) in [7, 11) is 0. The summed E-state index contributed by atoms with van der Waals surface area (Å²) in [5.74, 6) is 0.703. The van der Waals surface area contributed by atoms with Crippen molar-refractivity contribution < 1.29 is 0 Å². The van der Waals surface area contributed by atoms with Crippen LogP contribution in [0.1, 0.15) is 32.6 Å². The second-order valence-electron chi connectivity index (χ2n) is 3.81. The fourth-order valence-electron chi connectivity index (χ4n) is 1.99. The lowest BCUT2D eigenvalue weighted by molar-refractivity contribution is 0.454. The van der Waals surface area contributed by atoms with Crippen LogP contribution in [0.2, 0.25) is 0 Å². The van der Waals surface area contributed by atoms with E-state index in [9.17, 15) is 0 Å². The first-order valence-corrected chi connectivity index (χ1v) is 5.23. The molecule has 0 bridgehead atoms. The van der Waals surface area contributed by atoms with E-state index in [1.807, 2.05) is 0 Å². The predicted molar refractivity (Wildman–Crippen MR) is 55.4 cm³/mol. The fourth-order valence-corrected chi connectivity index (χ4v) is 1.99. The summed E-state index contributed by atoms with van der Waals surface area (Å²) in [6.45, 7) is 4.44. The molecule has 2 heterocycles. The minimum atomic E-state index is 0.703. The van der Waals surface area contributed by atoms with Crippen LogP contribution in [0.15, 0.2) is 10.2 Å². The number of rotatable bonds is 2. The van der Waals surface area contributed by atoms with E-state index in [1.165, 1.54) is 24.3 Å². The van der Waals surface area contributed by atoms with Gasteiger partial charge in [0.2, 0.25) is 0 Å². The quantitative estimate of drug-likeness (QED) is 0.686. The molecule has 3 nitrogen and oxygen atoms in total. The zero-order valence-electron chi connectivity index (χ0n) is 8.21. The van der Waals surface area contributed by atoms with Gasteiger partial charge in [-0.15, -0.1) is 0 Å². The molecule has 1 fully saturated rings. The minimum absolute atomic E-state index is 0.703. The second kappa shape index (κ2) is 4.01. The van der Waals surface area contributed by atoms with Gasteiger partial charge >= 0.3 is 0 Å². The van der Waals surface area contributed by atoms with Crippen molar-refractivity contribution in [1.29, 1.82) is 0 Å². The van der Waals surface area contributed by atoms with Gasteiger partial charge in [0, 0.05) is 23.8 Å². The molecule has 2 rings (SSSR count). The van der Waals surface area contributed by atoms with Crippen LogP contribution in [0.4, 0.5) is 0 Å². The van der Waals surface area contributed by atoms with E-state index in [0.717, 1.165) is 25.9 Å². The van der Waals surface area contributed by atoms with Crippen molar-refractivity contribution >= 4 is 11.4 Å². The normalized spacial score (nSPS) is 24.4. The summed E-state index contributed by atoms with van der Waals surface area (Å²) in [6, 6.07) is 0. The maximum Gasteiger partial charge on any atom is 0.0494 e. The highest BCUT2D eigenvalue weighted by Crippen LogP contribution is 2.20. The van der Waals surface area contributed by atoms with Gasteiger partial charge in [0.1, 0.15) is 0 Å². The molecular weight excluding hydrogens is 162 g/mol. The third-order valence-corrected chi connectivity index (χ3v) is 2.92. The van der Waals surface area contributed by atoms with E-state index in [4.69, 9.17) is 0 Å². The van der Waals surface area contributed by atoms with E-state index >= 15 is 0 Å². The maximum atomic E-state index is 4.29. The summed E-state index contributed by atoms with van der Waals surface area (Å²) in [5, 5.41) is 11.9. The molecular formula is C10H17N3. The Balaban J connectivity index is 1.89. The molecule has 0 aromatic rings. The predicted octanol–water partition coefficient (Wildman–Crippen LogP) is 1.60. The first kappa shape index (κ1) is 8.88. The van der Waals surface area contributed by atoms with Gasteiger partial charge in [-0.05, 0) is 32.4 Å². The van der Waals surface area contributed by atoms with Crippen molar-refractivity contribution in [3.63, 3.8) is 0 Å². The molecule has 3 heteroatoms. The number of nitrogens with zero attached hydrogens (tertiary/aromatic N) is 2. The van der Waals surface area contributed by atoms with Gasteiger partial charge in [-0.25, -0.2) is 0 Å². The Morgan fingerprint density at radius 2 is 2.08 bits per heavy atom. The van der Waals surface area contributed by atoms with Crippen LogP contribution < -0.4 is 5.32 Å². The fraction of sp³-hybridized carbons (Fsp3) is 0.800. The van der Waals surface area contributed by atoms with Crippen molar-refractivity contribution in [2.75, 3.05) is 13.1 Å². The van der Waals surface area contributed by atoms with E-state index in [0.29, 0.717) is 5.92 Å². The maximum absolute atomic E-state index is 4.29. The Morgan fingerprint density at radius 3 is 2.69 bits per heavy atom. The van der Waals surface area contributed by atoms with Crippen molar-refractivity contribution in [3.05, 3.63) is 0 Å². The van der Waals surface area contributed by atoms with E-state index < -0.39 is 0 Å². The average Bonchev–Trinajstić information content (AvgIpc) is 2.67. The Morgan fingerprint density at radius 1 is 1.31 bits per heavy atom. The largest absolute Gasteiger partial charge is 0.317 e. The minimum Gasteiger partial charge on any atom is -0.317 e. The zero-order chi connectivity index (χ0) is 9.10. The highest BCUT2D eigenvalue weighted by atomic mass is 15.2. The third kappa shape index (κ3) is 1.97. The molecule has 0 aromatic heterocycles. The lowest BCUT2D eigenvalue weighted by Crippen LogP contribution is -2.31. The van der Waals surface area contributed by atoms with Crippen LogP contribution in [-0.2, 0) is 0 Å². The van der Waals surface area contributed by atoms with Gasteiger partial charge in [-0.3, -0.25) is 0 Å². The molecule has 2 aliphatic rings. The van der Waals surface area contributed by atoms with E-state index in [1.54, 1.807) is 0 Å². The monoisotopic (exact) mass is 179 g/mol. The van der Waals surface area contributed by atoms with Gasteiger partial charge in [0.05, 0.1) is 0 Å². The van der Waals surface area contributed by atoms with Crippen molar-refractivity contribution in [2.24, 2.45) is 16.1 Å². The molecule has 0 saturated carbocycles. The van der Waals surface area contributed by atoms with Crippen LogP contribution in [0.25, 0.3) is 0 Å². The highest BCUT2D eigenvalue weighted by Gasteiger charge is 2.22. The summed E-state index contributed by atoms with van der Waals surface area (Å²) >= 11 is 0. The average molecular weight is 179 g/mol. The van der Waals surface area contributed by atoms with Crippen LogP contribution in [0.5, 0.6) is 0 Å². The van der Waals surface area contributed by atoms with Gasteiger partial charge < -0.3 is 5.32 Å². The standard InChI is InChI=1S/C10H17N3/c1-2-9-7-10(13-12-9)8-3-5-11-6-4-8/h8,11H,2-7H2,1H3. The molecule has 72 valence electrons. The van der Waals surface area contributed by atoms with Crippen molar-refractivity contribution in [3.8, 4) is 0 Å². The summed E-state index contributed by atoms with van der Waals surface area (Å²) in [4.78, 5) is 0. The molecule has 0 radical (unpaired) electrons. The van der Waals surface area contributed by atoms with Crippen molar-refractivity contribution in [1.82, 2.24) is 5.32 Å². The van der Waals surface area contributed by atoms with Crippen LogP contribution in [0, 0.1) is 5.92 Å². The smallest absolute Gasteiger partial charge is 0.0494 e. The third-order valence-electron chi connectivity index (χ3n) is 2.92. The zero-order valence-corrected chi connectivity index (χ0v) is 8.21. The van der Waals surface area contributed by atoms with Gasteiger partial charge in [0.25, 0.3) is 0 Å². The van der Waals surface area contributed by atoms with Gasteiger partial charge in [-0.2, -0.15) is 10.2 Å². The Bertz CT molecular complexity index is 237. The lowest BCUT2D eigenvalue weighted by Gasteiger charge is -2.22. The highest BCUT2D eigenvalue weighted by molar-refractivity contribution is 6.08. The van der Waals surface area contributed by atoms with Crippen LogP contribution >= 0.6 is 0 Å². The molecule has 1 N–H and O–H groups in total. The molecule has 0 aliphatic carbocycles. The Kier molecular flexibility index (Phi) is 2.74. The Labute approximate surface area is 79.3 Å². The molecule has 0 spiro atoms. The van der Waals surface area contributed by atoms with E-state index in [2.05, 4.69) is 22.4 Å². The molecule has 2 aliphatic heterocycles. The summed E-state index contributed by atoms with van der Waals surface area (Å²) in [6.07, 6.45) is 4.58. The number of hydrogen-bond acceptors (Lipinski definition) is 3. The number of hydrogen-bond donors (Lipinski definition) is 1. The first-order valence-electron chi connectivity index (χ1n) is 5.23. The second-order valence-corrected chi connectivity index (χ2v) is 3.81. The van der Waals surface area contributed by atoms with Crippen LogP contribution in [0.3, 0.4) is 0 Å². The van der Waals surface area contributed by atoms with Gasteiger partial charge in [-0.1, -0.05) is 6.92 Å². The summed E-state index contributed by atoms with van der Waals surface area (Å²) < 4.78 is 0. The SMILES string of the molecule is CCC1=NN=C(C2CCNCC2)C1. The van der Waals surface area contributed by atoms with Crippen LogP contribution in [-0.4, -0.2) is 24.5 Å². The number of piperidine rings is 1. The first-order chi connectivity index (χ1) is 6.40. The molecule has 0 unspecified atom stereocenters. The number of nitrogens with one attached hydrogen (secondary N) is 1. The lowest BCUT2D eigenvalue weighted by atomic mass is 9.90. The molecule has 0 amide bonds. The topological polar surface area (TPSA) is 36.8 Å². The molecule has 0 atom stereocenters. The van der Waals surface area contributed by atoms with Gasteiger partial charge in [0.15, 0.2) is 0 Å².